The summed E-state index contributed by atoms with van der Waals surface area (Å²) in [5.41, 5.74) is 0. The molecule has 1 heterocycles. The maximum atomic E-state index is 11.1. The summed E-state index contributed by atoms with van der Waals surface area (Å²) in [6, 6.07) is 0. The van der Waals surface area contributed by atoms with Crippen LogP contribution < -0.4 is 10.6 Å². The minimum absolute atomic E-state index is 0.0895. The van der Waals surface area contributed by atoms with Crippen LogP contribution >= 0.6 is 0 Å². The van der Waals surface area contributed by atoms with Crippen LogP contribution in [0.15, 0.2) is 11.9 Å². The van der Waals surface area contributed by atoms with Gasteiger partial charge in [0.15, 0.2) is 5.78 Å². The van der Waals surface area contributed by atoms with Crippen LogP contribution in [0.4, 0.5) is 0 Å². The van der Waals surface area contributed by atoms with Gasteiger partial charge in [0.2, 0.25) is 0 Å². The van der Waals surface area contributed by atoms with Crippen LogP contribution in [0.25, 0.3) is 0 Å². The summed E-state index contributed by atoms with van der Waals surface area (Å²) >= 11 is 0. The van der Waals surface area contributed by atoms with Gasteiger partial charge in [-0.1, -0.05) is 13.8 Å². The number of ketones is 1. The first-order valence-electron chi connectivity index (χ1n) is 3.93. The highest BCUT2D eigenvalue weighted by Crippen LogP contribution is 1.98. The molecule has 0 bridgehead atoms. The monoisotopic (exact) mass is 154 g/mol. The maximum Gasteiger partial charge on any atom is 0.161 e. The van der Waals surface area contributed by atoms with Crippen LogP contribution in [-0.2, 0) is 4.79 Å². The predicted molar refractivity (Wildman–Crippen MR) is 43.9 cm³/mol. The van der Waals surface area contributed by atoms with Gasteiger partial charge in [0, 0.05) is 25.1 Å². The molecule has 1 aliphatic rings. The largest absolute Gasteiger partial charge is 0.370 e. The average Bonchev–Trinajstić information content (AvgIpc) is 2.39. The molecule has 1 fully saturated rings. The Kier molecular flexibility index (Phi) is 2.52. The molecule has 0 radical (unpaired) electrons. The summed E-state index contributed by atoms with van der Waals surface area (Å²) in [5, 5.41) is 6.14. The zero-order chi connectivity index (χ0) is 8.27. The molecule has 0 aliphatic carbocycles. The SMILES string of the molecule is CC(C)C(=O)C=C1NCCN1. The van der Waals surface area contributed by atoms with Crippen molar-refractivity contribution in [2.45, 2.75) is 13.8 Å². The number of hydrogen-bond acceptors (Lipinski definition) is 3. The lowest BCUT2D eigenvalue weighted by Gasteiger charge is -2.00. The van der Waals surface area contributed by atoms with Crippen molar-refractivity contribution >= 4 is 5.78 Å². The molecular weight excluding hydrogens is 140 g/mol. The summed E-state index contributed by atoms with van der Waals surface area (Å²) in [5.74, 6) is 1.12. The van der Waals surface area contributed by atoms with E-state index in [1.807, 2.05) is 13.8 Å². The second kappa shape index (κ2) is 3.42. The van der Waals surface area contributed by atoms with E-state index in [-0.39, 0.29) is 11.7 Å². The topological polar surface area (TPSA) is 41.1 Å². The number of allylic oxidation sites excluding steroid dienone is 1. The first kappa shape index (κ1) is 8.11. The van der Waals surface area contributed by atoms with Crippen molar-refractivity contribution < 1.29 is 4.79 Å². The molecule has 0 spiro atoms. The molecule has 0 saturated carbocycles. The van der Waals surface area contributed by atoms with Crippen LogP contribution in [0.2, 0.25) is 0 Å². The van der Waals surface area contributed by atoms with Gasteiger partial charge in [0.05, 0.1) is 0 Å². The van der Waals surface area contributed by atoms with E-state index < -0.39 is 0 Å². The van der Waals surface area contributed by atoms with Gasteiger partial charge in [-0.05, 0) is 0 Å². The predicted octanol–water partition coefficient (Wildman–Crippen LogP) is 0.246. The molecule has 62 valence electrons. The van der Waals surface area contributed by atoms with E-state index in [4.69, 9.17) is 0 Å². The Morgan fingerprint density at radius 3 is 2.45 bits per heavy atom. The number of carbonyl (C=O) groups is 1. The molecule has 0 aromatic carbocycles. The summed E-state index contributed by atoms with van der Waals surface area (Å²) in [6.45, 7) is 5.62. The van der Waals surface area contributed by atoms with Gasteiger partial charge in [0.25, 0.3) is 0 Å². The van der Waals surface area contributed by atoms with Gasteiger partial charge >= 0.3 is 0 Å². The van der Waals surface area contributed by atoms with Gasteiger partial charge in [-0.2, -0.15) is 0 Å². The third kappa shape index (κ3) is 2.26. The smallest absolute Gasteiger partial charge is 0.161 e. The highest BCUT2D eigenvalue weighted by Gasteiger charge is 2.08. The molecule has 1 aliphatic heterocycles. The second-order valence-electron chi connectivity index (χ2n) is 2.97. The second-order valence-corrected chi connectivity index (χ2v) is 2.97. The number of nitrogens with one attached hydrogen (secondary N) is 2. The third-order valence-electron chi connectivity index (χ3n) is 1.61. The van der Waals surface area contributed by atoms with Crippen molar-refractivity contribution in [3.8, 4) is 0 Å². The van der Waals surface area contributed by atoms with E-state index in [0.29, 0.717) is 0 Å². The van der Waals surface area contributed by atoms with E-state index >= 15 is 0 Å². The lowest BCUT2D eigenvalue weighted by molar-refractivity contribution is -0.117. The molecule has 0 aromatic heterocycles. The lowest BCUT2D eigenvalue weighted by Crippen LogP contribution is -2.14. The molecule has 11 heavy (non-hydrogen) atoms. The average molecular weight is 154 g/mol. The normalized spacial score (nSPS) is 16.1. The van der Waals surface area contributed by atoms with Crippen LogP contribution in [0.5, 0.6) is 0 Å². The molecule has 2 N–H and O–H groups in total. The first-order valence-corrected chi connectivity index (χ1v) is 3.93. The fourth-order valence-electron chi connectivity index (χ4n) is 0.868. The van der Waals surface area contributed by atoms with E-state index in [9.17, 15) is 4.79 Å². The van der Waals surface area contributed by atoms with E-state index in [0.717, 1.165) is 18.9 Å². The Hall–Kier alpha value is -0.990. The van der Waals surface area contributed by atoms with Gasteiger partial charge in [-0.15, -0.1) is 0 Å². The van der Waals surface area contributed by atoms with Crippen LogP contribution in [-0.4, -0.2) is 18.9 Å². The minimum atomic E-state index is 0.0895. The standard InChI is InChI=1S/C8H14N2O/c1-6(2)7(11)5-8-9-3-4-10-8/h5-6,9-10H,3-4H2,1-2H3. The molecule has 3 heteroatoms. The Morgan fingerprint density at radius 1 is 1.45 bits per heavy atom. The van der Waals surface area contributed by atoms with Crippen molar-refractivity contribution in [2.24, 2.45) is 5.92 Å². The van der Waals surface area contributed by atoms with Crippen LogP contribution in [0.1, 0.15) is 13.8 Å². The van der Waals surface area contributed by atoms with E-state index in [1.54, 1.807) is 6.08 Å². The fraction of sp³-hybridized carbons (Fsp3) is 0.625. The zero-order valence-corrected chi connectivity index (χ0v) is 6.98. The number of hydrogen-bond donors (Lipinski definition) is 2. The quantitative estimate of drug-likeness (QED) is 0.560. The van der Waals surface area contributed by atoms with Crippen LogP contribution in [0, 0.1) is 5.92 Å². The van der Waals surface area contributed by atoms with Crippen molar-refractivity contribution in [2.75, 3.05) is 13.1 Å². The van der Waals surface area contributed by atoms with Crippen molar-refractivity contribution in [1.29, 1.82) is 0 Å². The number of carbonyl (C=O) groups excluding carboxylic acids is 1. The van der Waals surface area contributed by atoms with Crippen molar-refractivity contribution in [1.82, 2.24) is 10.6 Å². The molecular formula is C8H14N2O. The molecule has 0 unspecified atom stereocenters. The molecule has 1 saturated heterocycles. The molecule has 0 atom stereocenters. The highest BCUT2D eigenvalue weighted by molar-refractivity contribution is 5.91. The molecule has 3 nitrogen and oxygen atoms in total. The fourth-order valence-corrected chi connectivity index (χ4v) is 0.868. The molecule has 0 amide bonds. The Bertz CT molecular complexity index is 177. The zero-order valence-electron chi connectivity index (χ0n) is 6.98. The van der Waals surface area contributed by atoms with E-state index in [1.165, 1.54) is 0 Å². The summed E-state index contributed by atoms with van der Waals surface area (Å²) in [7, 11) is 0. The minimum Gasteiger partial charge on any atom is -0.370 e. The first-order chi connectivity index (χ1) is 5.20. The van der Waals surface area contributed by atoms with Crippen LogP contribution in [0.3, 0.4) is 0 Å². The van der Waals surface area contributed by atoms with Gasteiger partial charge in [0.1, 0.15) is 5.82 Å². The summed E-state index contributed by atoms with van der Waals surface area (Å²) < 4.78 is 0. The molecule has 1 rings (SSSR count). The maximum absolute atomic E-state index is 11.1. The van der Waals surface area contributed by atoms with Gasteiger partial charge < -0.3 is 10.6 Å². The number of rotatable bonds is 2. The lowest BCUT2D eigenvalue weighted by atomic mass is 10.1. The Morgan fingerprint density at radius 2 is 2.00 bits per heavy atom. The van der Waals surface area contributed by atoms with Crippen molar-refractivity contribution in [3.05, 3.63) is 11.9 Å². The Balaban J connectivity index is 2.50. The van der Waals surface area contributed by atoms with Gasteiger partial charge in [-0.25, -0.2) is 0 Å². The summed E-state index contributed by atoms with van der Waals surface area (Å²) in [4.78, 5) is 11.1. The third-order valence-corrected chi connectivity index (χ3v) is 1.61. The summed E-state index contributed by atoms with van der Waals surface area (Å²) in [6.07, 6.45) is 1.64. The van der Waals surface area contributed by atoms with E-state index in [2.05, 4.69) is 10.6 Å². The van der Waals surface area contributed by atoms with Gasteiger partial charge in [-0.3, -0.25) is 4.79 Å². The highest BCUT2D eigenvalue weighted by atomic mass is 16.1. The Labute approximate surface area is 66.9 Å². The van der Waals surface area contributed by atoms with Crippen molar-refractivity contribution in [3.63, 3.8) is 0 Å². The molecule has 0 aromatic rings.